The monoisotopic (exact) mass is 254 g/mol. The smallest absolute Gasteiger partial charge is 0.245 e. The van der Waals surface area contributed by atoms with Gasteiger partial charge in [-0.2, -0.15) is 0 Å². The molecule has 0 radical (unpaired) electrons. The van der Waals surface area contributed by atoms with Gasteiger partial charge in [-0.1, -0.05) is 13.3 Å². The highest BCUT2D eigenvalue weighted by Gasteiger charge is 2.32. The van der Waals surface area contributed by atoms with Crippen molar-refractivity contribution in [2.45, 2.75) is 38.6 Å². The lowest BCUT2D eigenvalue weighted by molar-refractivity contribution is -0.144. The maximum atomic E-state index is 12.1. The fourth-order valence-corrected chi connectivity index (χ4v) is 2.60. The Balaban J connectivity index is 1.85. The van der Waals surface area contributed by atoms with Crippen LogP contribution >= 0.6 is 0 Å². The van der Waals surface area contributed by atoms with Crippen LogP contribution < -0.4 is 5.32 Å². The first-order valence-electron chi connectivity index (χ1n) is 6.86. The van der Waals surface area contributed by atoms with Gasteiger partial charge in [-0.15, -0.1) is 0 Å². The van der Waals surface area contributed by atoms with Crippen molar-refractivity contribution in [2.24, 2.45) is 5.92 Å². The summed E-state index contributed by atoms with van der Waals surface area (Å²) in [6.07, 6.45) is 3.65. The van der Waals surface area contributed by atoms with Crippen molar-refractivity contribution in [2.75, 3.05) is 26.3 Å². The molecular weight excluding hydrogens is 232 g/mol. The third-order valence-electron chi connectivity index (χ3n) is 3.69. The summed E-state index contributed by atoms with van der Waals surface area (Å²) in [5.41, 5.74) is 0. The standard InChI is InChI=1S/C13H22N2O3/c1-2-3-11-13(17)15(8-12(16)14-11)6-4-10-5-7-18-9-10/h10-11H,2-9H2,1H3,(H,14,16). The number of amides is 2. The van der Waals surface area contributed by atoms with Gasteiger partial charge in [0.2, 0.25) is 11.8 Å². The van der Waals surface area contributed by atoms with Crippen molar-refractivity contribution < 1.29 is 14.3 Å². The lowest BCUT2D eigenvalue weighted by Crippen LogP contribution is -2.58. The van der Waals surface area contributed by atoms with Crippen LogP contribution in [0.2, 0.25) is 0 Å². The molecule has 0 spiro atoms. The number of nitrogens with zero attached hydrogens (tertiary/aromatic N) is 1. The Morgan fingerprint density at radius 3 is 2.89 bits per heavy atom. The first-order valence-corrected chi connectivity index (χ1v) is 6.86. The van der Waals surface area contributed by atoms with Crippen molar-refractivity contribution >= 4 is 11.8 Å². The first-order chi connectivity index (χ1) is 8.70. The van der Waals surface area contributed by atoms with Crippen LogP contribution in [-0.2, 0) is 14.3 Å². The molecule has 0 aromatic heterocycles. The van der Waals surface area contributed by atoms with Crippen molar-refractivity contribution in [1.29, 1.82) is 0 Å². The van der Waals surface area contributed by atoms with Gasteiger partial charge in [0.05, 0.1) is 6.54 Å². The lowest BCUT2D eigenvalue weighted by Gasteiger charge is -2.33. The third kappa shape index (κ3) is 3.22. The van der Waals surface area contributed by atoms with Crippen LogP contribution in [0.15, 0.2) is 0 Å². The summed E-state index contributed by atoms with van der Waals surface area (Å²) in [4.78, 5) is 25.4. The Bertz CT molecular complexity index is 313. The molecule has 5 nitrogen and oxygen atoms in total. The van der Waals surface area contributed by atoms with Gasteiger partial charge >= 0.3 is 0 Å². The molecule has 18 heavy (non-hydrogen) atoms. The Hall–Kier alpha value is -1.10. The molecule has 0 saturated carbocycles. The Morgan fingerprint density at radius 1 is 1.39 bits per heavy atom. The maximum Gasteiger partial charge on any atom is 0.245 e. The molecular formula is C13H22N2O3. The van der Waals surface area contributed by atoms with Gasteiger partial charge in [0, 0.05) is 19.8 Å². The Labute approximate surface area is 108 Å². The molecule has 2 rings (SSSR count). The highest BCUT2D eigenvalue weighted by molar-refractivity contribution is 5.94. The number of nitrogens with one attached hydrogen (secondary N) is 1. The molecule has 2 heterocycles. The van der Waals surface area contributed by atoms with Crippen molar-refractivity contribution in [1.82, 2.24) is 10.2 Å². The van der Waals surface area contributed by atoms with Crippen LogP contribution in [-0.4, -0.2) is 49.1 Å². The largest absolute Gasteiger partial charge is 0.381 e. The van der Waals surface area contributed by atoms with Gasteiger partial charge in [0.1, 0.15) is 6.04 Å². The molecule has 0 aromatic carbocycles. The van der Waals surface area contributed by atoms with E-state index in [0.717, 1.165) is 38.9 Å². The number of carbonyl (C=O) groups excluding carboxylic acids is 2. The number of ether oxygens (including phenoxy) is 1. The number of rotatable bonds is 5. The van der Waals surface area contributed by atoms with Crippen molar-refractivity contribution in [3.63, 3.8) is 0 Å². The molecule has 2 atom stereocenters. The van der Waals surface area contributed by atoms with Crippen LogP contribution in [0.4, 0.5) is 0 Å². The predicted molar refractivity (Wildman–Crippen MR) is 67.0 cm³/mol. The molecule has 2 amide bonds. The third-order valence-corrected chi connectivity index (χ3v) is 3.69. The van der Waals surface area contributed by atoms with E-state index >= 15 is 0 Å². The second-order valence-electron chi connectivity index (χ2n) is 5.19. The highest BCUT2D eigenvalue weighted by atomic mass is 16.5. The van der Waals surface area contributed by atoms with Gasteiger partial charge < -0.3 is 15.0 Å². The van der Waals surface area contributed by atoms with E-state index in [1.807, 2.05) is 6.92 Å². The van der Waals surface area contributed by atoms with Crippen LogP contribution in [0.5, 0.6) is 0 Å². The minimum Gasteiger partial charge on any atom is -0.381 e. The SMILES string of the molecule is CCCC1NC(=O)CN(CCC2CCOC2)C1=O. The van der Waals surface area contributed by atoms with E-state index in [1.54, 1.807) is 4.90 Å². The van der Waals surface area contributed by atoms with Gasteiger partial charge in [0.15, 0.2) is 0 Å². The first kappa shape index (κ1) is 13.3. The number of piperazine rings is 1. The fourth-order valence-electron chi connectivity index (χ4n) is 2.60. The summed E-state index contributed by atoms with van der Waals surface area (Å²) < 4.78 is 5.32. The van der Waals surface area contributed by atoms with E-state index in [-0.39, 0.29) is 24.4 Å². The Morgan fingerprint density at radius 2 is 2.22 bits per heavy atom. The summed E-state index contributed by atoms with van der Waals surface area (Å²) in [5, 5.41) is 2.77. The molecule has 2 fully saturated rings. The molecule has 2 unspecified atom stereocenters. The number of hydrogen-bond donors (Lipinski definition) is 1. The number of carbonyl (C=O) groups is 2. The van der Waals surface area contributed by atoms with Gasteiger partial charge in [-0.25, -0.2) is 0 Å². The van der Waals surface area contributed by atoms with E-state index < -0.39 is 0 Å². The summed E-state index contributed by atoms with van der Waals surface area (Å²) in [7, 11) is 0. The minimum absolute atomic E-state index is 0.0317. The molecule has 1 N–H and O–H groups in total. The topological polar surface area (TPSA) is 58.6 Å². The zero-order valence-corrected chi connectivity index (χ0v) is 11.0. The summed E-state index contributed by atoms with van der Waals surface area (Å²) in [6, 6.07) is -0.309. The molecule has 5 heteroatoms. The molecule has 2 aliphatic rings. The van der Waals surface area contributed by atoms with Crippen LogP contribution in [0.3, 0.4) is 0 Å². The van der Waals surface area contributed by atoms with E-state index in [9.17, 15) is 9.59 Å². The maximum absolute atomic E-state index is 12.1. The molecule has 0 bridgehead atoms. The molecule has 0 aromatic rings. The second kappa shape index (κ2) is 6.18. The van der Waals surface area contributed by atoms with E-state index in [1.165, 1.54) is 0 Å². The zero-order chi connectivity index (χ0) is 13.0. The quantitative estimate of drug-likeness (QED) is 0.779. The van der Waals surface area contributed by atoms with Gasteiger partial charge in [-0.05, 0) is 25.2 Å². The normalized spacial score (nSPS) is 28.6. The van der Waals surface area contributed by atoms with Crippen LogP contribution in [0.1, 0.15) is 32.6 Å². The van der Waals surface area contributed by atoms with Crippen LogP contribution in [0.25, 0.3) is 0 Å². The minimum atomic E-state index is -0.309. The van der Waals surface area contributed by atoms with Crippen LogP contribution in [0, 0.1) is 5.92 Å². The molecule has 2 saturated heterocycles. The number of hydrogen-bond acceptors (Lipinski definition) is 3. The molecule has 2 aliphatic heterocycles. The molecule has 102 valence electrons. The average molecular weight is 254 g/mol. The van der Waals surface area contributed by atoms with E-state index in [4.69, 9.17) is 4.74 Å². The molecule has 0 aliphatic carbocycles. The zero-order valence-electron chi connectivity index (χ0n) is 11.0. The highest BCUT2D eigenvalue weighted by Crippen LogP contribution is 2.18. The van der Waals surface area contributed by atoms with Crippen molar-refractivity contribution in [3.8, 4) is 0 Å². The van der Waals surface area contributed by atoms with Crippen molar-refractivity contribution in [3.05, 3.63) is 0 Å². The van der Waals surface area contributed by atoms with E-state index in [2.05, 4.69) is 5.32 Å². The van der Waals surface area contributed by atoms with Gasteiger partial charge in [0.25, 0.3) is 0 Å². The summed E-state index contributed by atoms with van der Waals surface area (Å²) >= 11 is 0. The Kier molecular flexibility index (Phi) is 4.58. The second-order valence-corrected chi connectivity index (χ2v) is 5.19. The summed E-state index contributed by atoms with van der Waals surface area (Å²) in [6.45, 7) is 4.55. The van der Waals surface area contributed by atoms with E-state index in [0.29, 0.717) is 12.5 Å². The average Bonchev–Trinajstić information content (AvgIpc) is 2.85. The van der Waals surface area contributed by atoms with Gasteiger partial charge in [-0.3, -0.25) is 9.59 Å². The lowest BCUT2D eigenvalue weighted by atomic mass is 10.0. The predicted octanol–water partition coefficient (Wildman–Crippen LogP) is 0.540. The summed E-state index contributed by atoms with van der Waals surface area (Å²) in [5.74, 6) is 0.596. The fraction of sp³-hybridized carbons (Fsp3) is 0.846.